The van der Waals surface area contributed by atoms with E-state index in [1.165, 1.54) is 6.20 Å². The summed E-state index contributed by atoms with van der Waals surface area (Å²) in [6.07, 6.45) is 1.53. The smallest absolute Gasteiger partial charge is 0.363 e. The first-order chi connectivity index (χ1) is 10.6. The molecule has 7 heteroatoms. The van der Waals surface area contributed by atoms with E-state index in [9.17, 15) is 8.78 Å². The topological polar surface area (TPSA) is 35.0 Å². The predicted molar refractivity (Wildman–Crippen MR) is 85.9 cm³/mol. The third-order valence-electron chi connectivity index (χ3n) is 2.94. The molecule has 0 aliphatic heterocycles. The third kappa shape index (κ3) is 4.83. The second-order valence-corrected chi connectivity index (χ2v) is 6.90. The second kappa shape index (κ2) is 6.67. The Hall–Kier alpha value is -1.30. The number of nitrogens with zero attached hydrogens (tertiary/aromatic N) is 2. The molecule has 0 fully saturated rings. The summed E-state index contributed by atoms with van der Waals surface area (Å²) in [6, 6.07) is 6.75. The van der Waals surface area contributed by atoms with Crippen molar-refractivity contribution in [3.8, 4) is 0 Å². The van der Waals surface area contributed by atoms with E-state index in [4.69, 9.17) is 27.9 Å². The van der Waals surface area contributed by atoms with Gasteiger partial charge in [0, 0.05) is 16.8 Å². The summed E-state index contributed by atoms with van der Waals surface area (Å²) in [7, 11) is 0. The lowest BCUT2D eigenvalue weighted by molar-refractivity contribution is -0.0454. The Morgan fingerprint density at radius 2 is 1.74 bits per heavy atom. The van der Waals surface area contributed by atoms with E-state index >= 15 is 0 Å². The Bertz CT molecular complexity index is 667. The number of benzene rings is 1. The Kier molecular flexibility index (Phi) is 5.23. The van der Waals surface area contributed by atoms with Crippen molar-refractivity contribution in [1.29, 1.82) is 0 Å². The van der Waals surface area contributed by atoms with Gasteiger partial charge in [-0.3, -0.25) is 0 Å². The first-order valence-corrected chi connectivity index (χ1v) is 7.64. The number of aromatic nitrogens is 2. The van der Waals surface area contributed by atoms with Gasteiger partial charge in [0.25, 0.3) is 0 Å². The molecule has 1 heterocycles. The molecule has 0 saturated heterocycles. The van der Waals surface area contributed by atoms with E-state index in [-0.39, 0.29) is 5.56 Å². The molecule has 1 unspecified atom stereocenters. The number of alkyl halides is 3. The molecule has 124 valence electrons. The van der Waals surface area contributed by atoms with Crippen LogP contribution in [0, 0.1) is 0 Å². The highest BCUT2D eigenvalue weighted by atomic mass is 35.5. The van der Waals surface area contributed by atoms with Crippen molar-refractivity contribution in [3.05, 3.63) is 58.6 Å². The Morgan fingerprint density at radius 1 is 1.13 bits per heavy atom. The molecular weight excluding hydrogens is 345 g/mol. The largest absolute Gasteiger partial charge is 0.365 e. The van der Waals surface area contributed by atoms with Gasteiger partial charge < -0.3 is 4.74 Å². The van der Waals surface area contributed by atoms with Crippen LogP contribution in [0.1, 0.15) is 43.7 Å². The Labute approximate surface area is 143 Å². The fraction of sp³-hybridized carbons (Fsp3) is 0.375. The predicted octanol–water partition coefficient (Wildman–Crippen LogP) is 5.32. The molecule has 0 aliphatic rings. The SMILES string of the molecule is CC(C)(C)OC(c1ccc(Cl)cc1)c1cncnc1C(F)(F)Cl. The normalized spacial score (nSPS) is 13.9. The fourth-order valence-corrected chi connectivity index (χ4v) is 2.36. The van der Waals surface area contributed by atoms with Crippen molar-refractivity contribution in [2.75, 3.05) is 0 Å². The van der Waals surface area contributed by atoms with Crippen LogP contribution in [0.4, 0.5) is 8.78 Å². The first kappa shape index (κ1) is 18.0. The molecule has 1 atom stereocenters. The van der Waals surface area contributed by atoms with Crippen molar-refractivity contribution >= 4 is 23.2 Å². The number of halogens is 4. The van der Waals surface area contributed by atoms with Crippen molar-refractivity contribution in [2.24, 2.45) is 0 Å². The van der Waals surface area contributed by atoms with Crippen LogP contribution in [-0.4, -0.2) is 15.6 Å². The lowest BCUT2D eigenvalue weighted by atomic mass is 10.00. The summed E-state index contributed by atoms with van der Waals surface area (Å²) in [5.41, 5.74) is -0.386. The molecule has 2 aromatic rings. The van der Waals surface area contributed by atoms with Crippen molar-refractivity contribution < 1.29 is 13.5 Å². The molecule has 0 amide bonds. The maximum atomic E-state index is 13.7. The molecular formula is C16H16Cl2F2N2O. The number of rotatable bonds is 4. The molecule has 0 bridgehead atoms. The molecule has 1 aromatic carbocycles. The van der Waals surface area contributed by atoms with E-state index in [0.29, 0.717) is 10.6 Å². The van der Waals surface area contributed by atoms with Gasteiger partial charge in [0.2, 0.25) is 0 Å². The molecule has 23 heavy (non-hydrogen) atoms. The lowest BCUT2D eigenvalue weighted by Crippen LogP contribution is -2.25. The summed E-state index contributed by atoms with van der Waals surface area (Å²) in [5.74, 6) is 0. The van der Waals surface area contributed by atoms with Crippen molar-refractivity contribution in [2.45, 2.75) is 37.9 Å². The molecule has 2 rings (SSSR count). The summed E-state index contributed by atoms with van der Waals surface area (Å²) in [6.45, 7) is 5.49. The van der Waals surface area contributed by atoms with E-state index in [2.05, 4.69) is 9.97 Å². The fourth-order valence-electron chi connectivity index (χ4n) is 2.07. The highest BCUT2D eigenvalue weighted by Crippen LogP contribution is 2.39. The van der Waals surface area contributed by atoms with Gasteiger partial charge in [0.1, 0.15) is 18.1 Å². The van der Waals surface area contributed by atoms with E-state index < -0.39 is 22.8 Å². The summed E-state index contributed by atoms with van der Waals surface area (Å²) >= 11 is 11.1. The van der Waals surface area contributed by atoms with Crippen LogP contribution in [0.2, 0.25) is 5.02 Å². The van der Waals surface area contributed by atoms with Crippen LogP contribution in [-0.2, 0) is 10.1 Å². The zero-order chi connectivity index (χ0) is 17.3. The average Bonchev–Trinajstić information content (AvgIpc) is 2.44. The van der Waals surface area contributed by atoms with Gasteiger partial charge in [-0.1, -0.05) is 23.7 Å². The molecule has 3 nitrogen and oxygen atoms in total. The zero-order valence-corrected chi connectivity index (χ0v) is 14.4. The minimum atomic E-state index is -3.62. The molecule has 0 N–H and O–H groups in total. The zero-order valence-electron chi connectivity index (χ0n) is 12.9. The van der Waals surface area contributed by atoms with Crippen LogP contribution < -0.4 is 0 Å². The third-order valence-corrected chi connectivity index (χ3v) is 3.37. The van der Waals surface area contributed by atoms with Gasteiger partial charge in [-0.25, -0.2) is 9.97 Å². The highest BCUT2D eigenvalue weighted by molar-refractivity contribution is 6.30. The number of hydrogen-bond donors (Lipinski definition) is 0. The van der Waals surface area contributed by atoms with Gasteiger partial charge in [-0.15, -0.1) is 0 Å². The molecule has 0 saturated carbocycles. The maximum absolute atomic E-state index is 13.7. The van der Waals surface area contributed by atoms with Crippen molar-refractivity contribution in [3.63, 3.8) is 0 Å². The van der Waals surface area contributed by atoms with E-state index in [0.717, 1.165) is 6.33 Å². The van der Waals surface area contributed by atoms with Gasteiger partial charge in [0.05, 0.1) is 5.60 Å². The summed E-state index contributed by atoms with van der Waals surface area (Å²) in [4.78, 5) is 7.49. The van der Waals surface area contributed by atoms with Crippen LogP contribution in [0.5, 0.6) is 0 Å². The molecule has 1 aromatic heterocycles. The lowest BCUT2D eigenvalue weighted by Gasteiger charge is -2.29. The van der Waals surface area contributed by atoms with E-state index in [1.54, 1.807) is 24.3 Å². The Balaban J connectivity index is 2.57. The van der Waals surface area contributed by atoms with Crippen LogP contribution in [0.15, 0.2) is 36.8 Å². The first-order valence-electron chi connectivity index (χ1n) is 6.88. The number of hydrogen-bond acceptors (Lipinski definition) is 3. The van der Waals surface area contributed by atoms with Crippen LogP contribution in [0.25, 0.3) is 0 Å². The standard InChI is InChI=1S/C16H16Cl2F2N2O/c1-15(2,3)23-13(10-4-6-11(17)7-5-10)12-8-21-9-22-14(12)16(18,19)20/h4-9,13H,1-3H3. The summed E-state index contributed by atoms with van der Waals surface area (Å²) in [5, 5.41) is -3.08. The molecule has 0 aliphatic carbocycles. The highest BCUT2D eigenvalue weighted by Gasteiger charge is 2.36. The van der Waals surface area contributed by atoms with Gasteiger partial charge in [0.15, 0.2) is 0 Å². The van der Waals surface area contributed by atoms with Crippen molar-refractivity contribution in [1.82, 2.24) is 9.97 Å². The molecule has 0 radical (unpaired) electrons. The van der Waals surface area contributed by atoms with Gasteiger partial charge in [-0.05, 0) is 50.1 Å². The minimum absolute atomic E-state index is 0.116. The van der Waals surface area contributed by atoms with Crippen LogP contribution >= 0.6 is 23.2 Å². The maximum Gasteiger partial charge on any atom is 0.365 e. The van der Waals surface area contributed by atoms with Gasteiger partial charge in [-0.2, -0.15) is 8.78 Å². The minimum Gasteiger partial charge on any atom is -0.363 e. The quantitative estimate of drug-likeness (QED) is 0.691. The second-order valence-electron chi connectivity index (χ2n) is 5.99. The monoisotopic (exact) mass is 360 g/mol. The molecule has 0 spiro atoms. The van der Waals surface area contributed by atoms with E-state index in [1.807, 2.05) is 20.8 Å². The number of ether oxygens (including phenoxy) is 1. The van der Waals surface area contributed by atoms with Crippen LogP contribution in [0.3, 0.4) is 0 Å². The van der Waals surface area contributed by atoms with Gasteiger partial charge >= 0.3 is 5.38 Å². The average molecular weight is 361 g/mol. The Morgan fingerprint density at radius 3 is 2.26 bits per heavy atom. The summed E-state index contributed by atoms with van der Waals surface area (Å²) < 4.78 is 33.3.